The Morgan fingerprint density at radius 3 is 2.28 bits per heavy atom. The Morgan fingerprint density at radius 2 is 1.56 bits per heavy atom. The Morgan fingerprint density at radius 1 is 0.812 bits per heavy atom. The Kier molecular flexibility index (Phi) is 5.34. The van der Waals surface area contributed by atoms with E-state index in [4.69, 9.17) is 4.98 Å². The maximum atomic E-state index is 4.96. The monoisotopic (exact) mass is 553 g/mol. The van der Waals surface area contributed by atoms with Crippen molar-refractivity contribution in [2.75, 3.05) is 0 Å². The summed E-state index contributed by atoms with van der Waals surface area (Å²) in [5, 5.41) is 4.16. The van der Waals surface area contributed by atoms with Gasteiger partial charge in [-0.2, -0.15) is 0 Å². The van der Waals surface area contributed by atoms with Crippen LogP contribution in [0.15, 0.2) is 48.7 Å². The molecule has 3 aromatic heterocycles. The van der Waals surface area contributed by atoms with Crippen molar-refractivity contribution in [3.63, 3.8) is 0 Å². The van der Waals surface area contributed by atoms with Crippen LogP contribution in [0.2, 0.25) is 0 Å². The molecule has 0 aliphatic carbocycles. The second kappa shape index (κ2) is 7.71. The van der Waals surface area contributed by atoms with Crippen molar-refractivity contribution in [2.45, 2.75) is 60.3 Å². The minimum atomic E-state index is 0.0863. The van der Waals surface area contributed by atoms with Gasteiger partial charge in [-0.15, -0.1) is 0 Å². The normalized spacial score (nSPS) is 13.0. The standard InChI is InChI=1S/C29H31NSe2/c1-17-23(16-28(2,3)4)31-27-21-12-13-30-24(26(21)32-25(17)27)19-14-18-10-8-9-11-20(18)22(15-19)29(5,6)7/h8-15H,16H2,1-7H3. The zero-order chi connectivity index (χ0) is 22.8. The number of aromatic nitrogens is 1. The fraction of sp³-hybridized carbons (Fsp3) is 0.345. The Hall–Kier alpha value is -1.63. The molecule has 2 aromatic carbocycles. The maximum absolute atomic E-state index is 4.96. The third-order valence-corrected chi connectivity index (χ3v) is 12.4. The van der Waals surface area contributed by atoms with Crippen molar-refractivity contribution in [3.8, 4) is 11.3 Å². The molecular weight excluding hydrogens is 520 g/mol. The average molecular weight is 551 g/mol. The SMILES string of the molecule is Cc1c(CC(C)(C)C)[se]c2c1[se]c1c(-c3cc(C(C)(C)C)c4ccccc4c3)nccc12. The molecule has 0 saturated carbocycles. The van der Waals surface area contributed by atoms with Crippen LogP contribution in [0.1, 0.15) is 57.1 Å². The summed E-state index contributed by atoms with van der Waals surface area (Å²) in [5.74, 6) is 0. The first-order valence-corrected chi connectivity index (χ1v) is 14.8. The summed E-state index contributed by atoms with van der Waals surface area (Å²) in [6, 6.07) is 15.8. The third kappa shape index (κ3) is 3.84. The molecule has 0 N–H and O–H groups in total. The van der Waals surface area contributed by atoms with Gasteiger partial charge in [-0.3, -0.25) is 0 Å². The number of nitrogens with zero attached hydrogens (tertiary/aromatic N) is 1. The van der Waals surface area contributed by atoms with Crippen LogP contribution in [0.3, 0.4) is 0 Å². The summed E-state index contributed by atoms with van der Waals surface area (Å²) in [4.78, 5) is 4.96. The molecular formula is C29H31NSe2. The van der Waals surface area contributed by atoms with Crippen LogP contribution in [0.5, 0.6) is 0 Å². The van der Waals surface area contributed by atoms with Gasteiger partial charge in [0.05, 0.1) is 0 Å². The zero-order valence-electron chi connectivity index (χ0n) is 20.1. The van der Waals surface area contributed by atoms with Crippen LogP contribution < -0.4 is 0 Å². The van der Waals surface area contributed by atoms with E-state index in [1.54, 1.807) is 18.5 Å². The van der Waals surface area contributed by atoms with Crippen molar-refractivity contribution in [3.05, 3.63) is 64.2 Å². The van der Waals surface area contributed by atoms with Gasteiger partial charge >= 0.3 is 204 Å². The predicted molar refractivity (Wildman–Crippen MR) is 143 cm³/mol. The van der Waals surface area contributed by atoms with Crippen LogP contribution in [-0.4, -0.2) is 34.0 Å². The number of hydrogen-bond acceptors (Lipinski definition) is 1. The molecule has 5 rings (SSSR count). The molecule has 5 aromatic rings. The number of rotatable bonds is 2. The Bertz CT molecular complexity index is 1470. The number of hydrogen-bond donors (Lipinski definition) is 0. The van der Waals surface area contributed by atoms with Gasteiger partial charge in [0, 0.05) is 0 Å². The quantitative estimate of drug-likeness (QED) is 0.207. The molecule has 0 aliphatic heterocycles. The summed E-state index contributed by atoms with van der Waals surface area (Å²) in [6.45, 7) is 16.4. The van der Waals surface area contributed by atoms with E-state index in [-0.39, 0.29) is 5.41 Å². The number of fused-ring (bicyclic) bond motifs is 4. The first-order chi connectivity index (χ1) is 15.0. The molecule has 0 atom stereocenters. The van der Waals surface area contributed by atoms with Gasteiger partial charge in [-0.05, 0) is 0 Å². The number of pyridine rings is 1. The summed E-state index contributed by atoms with van der Waals surface area (Å²) in [6.07, 6.45) is 3.26. The molecule has 3 heterocycles. The molecule has 0 fully saturated rings. The Labute approximate surface area is 203 Å². The molecule has 1 nitrogen and oxygen atoms in total. The minimum absolute atomic E-state index is 0.0863. The molecule has 32 heavy (non-hydrogen) atoms. The first-order valence-electron chi connectivity index (χ1n) is 11.4. The Balaban J connectivity index is 1.75. The van der Waals surface area contributed by atoms with Crippen LogP contribution in [0, 0.1) is 12.3 Å². The van der Waals surface area contributed by atoms with Crippen molar-refractivity contribution < 1.29 is 0 Å². The van der Waals surface area contributed by atoms with E-state index in [0.29, 0.717) is 34.4 Å². The van der Waals surface area contributed by atoms with Gasteiger partial charge in [-0.1, -0.05) is 0 Å². The van der Waals surface area contributed by atoms with Gasteiger partial charge in [0.2, 0.25) is 0 Å². The van der Waals surface area contributed by atoms with Crippen molar-refractivity contribution in [1.29, 1.82) is 0 Å². The van der Waals surface area contributed by atoms with Gasteiger partial charge in [-0.25, -0.2) is 0 Å². The number of benzene rings is 2. The van der Waals surface area contributed by atoms with Gasteiger partial charge in [0.15, 0.2) is 0 Å². The average Bonchev–Trinajstić information content (AvgIpc) is 3.22. The molecule has 0 bridgehead atoms. The topological polar surface area (TPSA) is 12.9 Å². The zero-order valence-corrected chi connectivity index (χ0v) is 23.5. The van der Waals surface area contributed by atoms with E-state index >= 15 is 0 Å². The van der Waals surface area contributed by atoms with Gasteiger partial charge in [0.25, 0.3) is 0 Å². The van der Waals surface area contributed by atoms with E-state index < -0.39 is 0 Å². The van der Waals surface area contributed by atoms with Crippen LogP contribution in [0.25, 0.3) is 40.2 Å². The molecule has 0 radical (unpaired) electrons. The fourth-order valence-electron chi connectivity index (χ4n) is 4.60. The second-order valence-electron chi connectivity index (χ2n) is 11.2. The van der Waals surface area contributed by atoms with E-state index in [9.17, 15) is 0 Å². The van der Waals surface area contributed by atoms with Crippen molar-refractivity contribution in [2.24, 2.45) is 5.41 Å². The number of aryl methyl sites for hydroxylation is 1. The van der Waals surface area contributed by atoms with Crippen LogP contribution in [-0.2, 0) is 11.8 Å². The fourth-order valence-corrected chi connectivity index (χ4v) is 12.0. The molecule has 0 spiro atoms. The van der Waals surface area contributed by atoms with Gasteiger partial charge in [0.1, 0.15) is 0 Å². The summed E-state index contributed by atoms with van der Waals surface area (Å²) >= 11 is 0.797. The van der Waals surface area contributed by atoms with E-state index in [1.165, 1.54) is 43.7 Å². The molecule has 0 aliphatic rings. The summed E-state index contributed by atoms with van der Waals surface area (Å²) < 4.78 is 6.50. The van der Waals surface area contributed by atoms with Crippen LogP contribution >= 0.6 is 0 Å². The third-order valence-electron chi connectivity index (χ3n) is 6.18. The first kappa shape index (κ1) is 22.2. The molecule has 164 valence electrons. The van der Waals surface area contributed by atoms with E-state index in [1.807, 2.05) is 6.20 Å². The van der Waals surface area contributed by atoms with E-state index in [0.717, 1.165) is 0 Å². The van der Waals surface area contributed by atoms with Crippen molar-refractivity contribution in [1.82, 2.24) is 4.98 Å². The van der Waals surface area contributed by atoms with Gasteiger partial charge < -0.3 is 0 Å². The van der Waals surface area contributed by atoms with Crippen LogP contribution in [0.4, 0.5) is 0 Å². The molecule has 0 amide bonds. The molecule has 3 heteroatoms. The molecule has 0 saturated heterocycles. The van der Waals surface area contributed by atoms with Crippen molar-refractivity contribution >= 4 is 57.9 Å². The molecule has 0 unspecified atom stereocenters. The summed E-state index contributed by atoms with van der Waals surface area (Å²) in [5.41, 5.74) is 5.91. The second-order valence-corrected chi connectivity index (χ2v) is 15.6. The predicted octanol–water partition coefficient (Wildman–Crippen LogP) is 7.52. The summed E-state index contributed by atoms with van der Waals surface area (Å²) in [7, 11) is 0. The van der Waals surface area contributed by atoms with E-state index in [2.05, 4.69) is 90.9 Å².